The molecule has 136 valence electrons. The Bertz CT molecular complexity index is 675. The Morgan fingerprint density at radius 1 is 1.28 bits per heavy atom. The van der Waals surface area contributed by atoms with E-state index in [1.54, 1.807) is 17.0 Å². The molecule has 1 aromatic carbocycles. The molecular formula is C17H21ClN2O5. The van der Waals surface area contributed by atoms with Gasteiger partial charge in [-0.1, -0.05) is 11.6 Å². The quantitative estimate of drug-likeness (QED) is 0.733. The summed E-state index contributed by atoms with van der Waals surface area (Å²) in [6, 6.07) is 4.67. The Balaban J connectivity index is 1.91. The third kappa shape index (κ3) is 4.85. The van der Waals surface area contributed by atoms with Crippen molar-refractivity contribution in [2.24, 2.45) is 11.8 Å². The van der Waals surface area contributed by atoms with Gasteiger partial charge in [-0.15, -0.1) is 0 Å². The SMILES string of the molecule is CCN(CC)C(=O)COc1ccc(NC(=O)C2CC2C(=O)O)cc1Cl. The number of aliphatic carboxylic acids is 1. The van der Waals surface area contributed by atoms with Gasteiger partial charge in [0.25, 0.3) is 5.91 Å². The third-order valence-corrected chi connectivity index (χ3v) is 4.41. The molecule has 2 unspecified atom stereocenters. The molecule has 2 rings (SSSR count). The number of rotatable bonds is 8. The van der Waals surface area contributed by atoms with Gasteiger partial charge in [-0.3, -0.25) is 14.4 Å². The van der Waals surface area contributed by atoms with E-state index in [4.69, 9.17) is 21.4 Å². The monoisotopic (exact) mass is 368 g/mol. The second-order valence-corrected chi connectivity index (χ2v) is 6.18. The Morgan fingerprint density at radius 2 is 1.96 bits per heavy atom. The highest BCUT2D eigenvalue weighted by molar-refractivity contribution is 6.32. The zero-order chi connectivity index (χ0) is 18.6. The normalized spacial score (nSPS) is 18.4. The van der Waals surface area contributed by atoms with Crippen LogP contribution in [0.4, 0.5) is 5.69 Å². The number of amides is 2. The first-order valence-electron chi connectivity index (χ1n) is 8.11. The molecule has 1 aliphatic carbocycles. The first-order valence-corrected chi connectivity index (χ1v) is 8.48. The van der Waals surface area contributed by atoms with Crippen LogP contribution in [0.5, 0.6) is 5.75 Å². The average Bonchev–Trinajstić information content (AvgIpc) is 3.36. The van der Waals surface area contributed by atoms with Gasteiger partial charge in [0, 0.05) is 18.8 Å². The van der Waals surface area contributed by atoms with E-state index in [9.17, 15) is 14.4 Å². The first kappa shape index (κ1) is 19.1. The van der Waals surface area contributed by atoms with Crippen LogP contribution in [-0.2, 0) is 14.4 Å². The number of halogens is 1. The fraction of sp³-hybridized carbons (Fsp3) is 0.471. The van der Waals surface area contributed by atoms with Crippen molar-refractivity contribution in [1.29, 1.82) is 0 Å². The molecule has 8 heteroatoms. The van der Waals surface area contributed by atoms with Crippen LogP contribution in [0.3, 0.4) is 0 Å². The van der Waals surface area contributed by atoms with Crippen molar-refractivity contribution in [3.63, 3.8) is 0 Å². The molecule has 0 aliphatic heterocycles. The van der Waals surface area contributed by atoms with Crippen molar-refractivity contribution < 1.29 is 24.2 Å². The molecule has 0 radical (unpaired) electrons. The van der Waals surface area contributed by atoms with Crippen LogP contribution in [0.1, 0.15) is 20.3 Å². The van der Waals surface area contributed by atoms with Gasteiger partial charge in [-0.2, -0.15) is 0 Å². The minimum atomic E-state index is -0.959. The second kappa shape index (κ2) is 8.20. The molecule has 1 aromatic rings. The molecule has 0 spiro atoms. The fourth-order valence-electron chi connectivity index (χ4n) is 2.50. The van der Waals surface area contributed by atoms with Gasteiger partial charge >= 0.3 is 5.97 Å². The van der Waals surface area contributed by atoms with E-state index in [1.807, 2.05) is 13.8 Å². The number of carboxylic acid groups (broad SMARTS) is 1. The molecule has 2 N–H and O–H groups in total. The highest BCUT2D eigenvalue weighted by atomic mass is 35.5. The van der Waals surface area contributed by atoms with Crippen LogP contribution in [0.2, 0.25) is 5.02 Å². The smallest absolute Gasteiger partial charge is 0.307 e. The average molecular weight is 369 g/mol. The van der Waals surface area contributed by atoms with E-state index in [-0.39, 0.29) is 23.4 Å². The summed E-state index contributed by atoms with van der Waals surface area (Å²) in [6.45, 7) is 4.88. The maximum Gasteiger partial charge on any atom is 0.307 e. The van der Waals surface area contributed by atoms with E-state index < -0.39 is 17.8 Å². The number of hydrogen-bond acceptors (Lipinski definition) is 4. The molecule has 0 aromatic heterocycles. The van der Waals surface area contributed by atoms with E-state index in [0.29, 0.717) is 30.9 Å². The summed E-state index contributed by atoms with van der Waals surface area (Å²) in [5, 5.41) is 11.7. The van der Waals surface area contributed by atoms with Crippen molar-refractivity contribution in [3.8, 4) is 5.75 Å². The summed E-state index contributed by atoms with van der Waals surface area (Å²) < 4.78 is 5.44. The number of likely N-dealkylation sites (N-methyl/N-ethyl adjacent to an activating group) is 1. The minimum absolute atomic E-state index is 0.116. The predicted molar refractivity (Wildman–Crippen MR) is 92.7 cm³/mol. The number of nitrogens with zero attached hydrogens (tertiary/aromatic N) is 1. The van der Waals surface area contributed by atoms with Gasteiger partial charge < -0.3 is 20.1 Å². The highest BCUT2D eigenvalue weighted by Gasteiger charge is 2.48. The summed E-state index contributed by atoms with van der Waals surface area (Å²) in [6.07, 6.45) is 0.351. The van der Waals surface area contributed by atoms with E-state index in [1.165, 1.54) is 6.07 Å². The van der Waals surface area contributed by atoms with Crippen LogP contribution >= 0.6 is 11.6 Å². The van der Waals surface area contributed by atoms with E-state index in [0.717, 1.165) is 0 Å². The van der Waals surface area contributed by atoms with Crippen molar-refractivity contribution >= 4 is 35.1 Å². The number of carbonyl (C=O) groups excluding carboxylic acids is 2. The largest absolute Gasteiger partial charge is 0.482 e. The summed E-state index contributed by atoms with van der Waals surface area (Å²) in [5.74, 6) is -2.20. The lowest BCUT2D eigenvalue weighted by Gasteiger charge is -2.19. The Hall–Kier alpha value is -2.28. The molecular weight excluding hydrogens is 348 g/mol. The molecule has 1 fully saturated rings. The number of carbonyl (C=O) groups is 3. The molecule has 7 nitrogen and oxygen atoms in total. The molecule has 1 saturated carbocycles. The van der Waals surface area contributed by atoms with Gasteiger partial charge in [0.15, 0.2) is 6.61 Å². The number of carboxylic acids is 1. The fourth-order valence-corrected chi connectivity index (χ4v) is 2.73. The molecule has 0 heterocycles. The lowest BCUT2D eigenvalue weighted by atomic mass is 10.2. The molecule has 1 aliphatic rings. The third-order valence-electron chi connectivity index (χ3n) is 4.11. The maximum absolute atomic E-state index is 11.9. The number of hydrogen-bond donors (Lipinski definition) is 2. The molecule has 0 saturated heterocycles. The van der Waals surface area contributed by atoms with Gasteiger partial charge in [-0.25, -0.2) is 0 Å². The van der Waals surface area contributed by atoms with Crippen LogP contribution in [0.15, 0.2) is 18.2 Å². The molecule has 0 bridgehead atoms. The molecule has 2 atom stereocenters. The lowest BCUT2D eigenvalue weighted by molar-refractivity contribution is -0.139. The van der Waals surface area contributed by atoms with Gasteiger partial charge in [0.1, 0.15) is 5.75 Å². The lowest BCUT2D eigenvalue weighted by Crippen LogP contribution is -2.34. The number of nitrogens with one attached hydrogen (secondary N) is 1. The number of anilines is 1. The van der Waals surface area contributed by atoms with Gasteiger partial charge in [0.2, 0.25) is 5.91 Å². The number of benzene rings is 1. The predicted octanol–water partition coefficient (Wildman–Crippen LogP) is 2.25. The standard InChI is InChI=1S/C17H21ClN2O5/c1-3-20(4-2)15(21)9-25-14-6-5-10(7-13(14)18)19-16(22)11-8-12(11)17(23)24/h5-7,11-12H,3-4,8-9H2,1-2H3,(H,19,22)(H,23,24). The highest BCUT2D eigenvalue weighted by Crippen LogP contribution is 2.39. The second-order valence-electron chi connectivity index (χ2n) is 5.78. The zero-order valence-electron chi connectivity index (χ0n) is 14.1. The van der Waals surface area contributed by atoms with Crippen molar-refractivity contribution in [3.05, 3.63) is 23.2 Å². The minimum Gasteiger partial charge on any atom is -0.482 e. The molecule has 2 amide bonds. The summed E-state index contributed by atoms with van der Waals surface area (Å²) >= 11 is 6.12. The van der Waals surface area contributed by atoms with Crippen LogP contribution < -0.4 is 10.1 Å². The zero-order valence-corrected chi connectivity index (χ0v) is 14.9. The topological polar surface area (TPSA) is 95.9 Å². The summed E-state index contributed by atoms with van der Waals surface area (Å²) in [7, 11) is 0. The van der Waals surface area contributed by atoms with Crippen LogP contribution in [0, 0.1) is 11.8 Å². The van der Waals surface area contributed by atoms with Gasteiger partial charge in [-0.05, 0) is 38.5 Å². The summed E-state index contributed by atoms with van der Waals surface area (Å²) in [4.78, 5) is 36.3. The van der Waals surface area contributed by atoms with Crippen LogP contribution in [0.25, 0.3) is 0 Å². The van der Waals surface area contributed by atoms with Crippen molar-refractivity contribution in [2.75, 3.05) is 25.0 Å². The van der Waals surface area contributed by atoms with Crippen molar-refractivity contribution in [1.82, 2.24) is 4.90 Å². The van der Waals surface area contributed by atoms with E-state index >= 15 is 0 Å². The summed E-state index contributed by atoms with van der Waals surface area (Å²) in [5.41, 5.74) is 0.452. The first-order chi connectivity index (χ1) is 11.9. The van der Waals surface area contributed by atoms with E-state index in [2.05, 4.69) is 5.32 Å². The number of ether oxygens (including phenoxy) is 1. The molecule has 25 heavy (non-hydrogen) atoms. The maximum atomic E-state index is 11.9. The van der Waals surface area contributed by atoms with Crippen molar-refractivity contribution in [2.45, 2.75) is 20.3 Å². The Labute approximate surface area is 150 Å². The Kier molecular flexibility index (Phi) is 6.25. The van der Waals surface area contributed by atoms with Crippen LogP contribution in [-0.4, -0.2) is 47.5 Å². The van der Waals surface area contributed by atoms with Gasteiger partial charge in [0.05, 0.1) is 16.9 Å². The Morgan fingerprint density at radius 3 is 2.48 bits per heavy atom.